The van der Waals surface area contributed by atoms with E-state index < -0.39 is 0 Å². The van der Waals surface area contributed by atoms with Crippen LogP contribution in [-0.4, -0.2) is 35.4 Å². The van der Waals surface area contributed by atoms with Gasteiger partial charge in [0.05, 0.1) is 12.2 Å². The Hall–Kier alpha value is -1.73. The topological polar surface area (TPSA) is 79.9 Å². The van der Waals surface area contributed by atoms with Gasteiger partial charge >= 0.3 is 0 Å². The van der Waals surface area contributed by atoms with Gasteiger partial charge in [-0.1, -0.05) is 11.3 Å². The summed E-state index contributed by atoms with van der Waals surface area (Å²) in [6.45, 7) is 5.01. The number of aryl methyl sites for hydroxylation is 2. The SMILES string of the molecule is COCCNc1nnc(-c2c(C)cc(C)[nH]c2=O)s1. The van der Waals surface area contributed by atoms with Crippen molar-refractivity contribution < 1.29 is 4.74 Å². The van der Waals surface area contributed by atoms with E-state index in [1.165, 1.54) is 11.3 Å². The summed E-state index contributed by atoms with van der Waals surface area (Å²) in [6.07, 6.45) is 0. The predicted molar refractivity (Wildman–Crippen MR) is 75.8 cm³/mol. The quantitative estimate of drug-likeness (QED) is 0.813. The normalized spacial score (nSPS) is 10.7. The van der Waals surface area contributed by atoms with Crippen molar-refractivity contribution in [1.82, 2.24) is 15.2 Å². The molecule has 0 bridgehead atoms. The third-order valence-electron chi connectivity index (χ3n) is 2.59. The van der Waals surface area contributed by atoms with E-state index in [1.54, 1.807) is 7.11 Å². The Balaban J connectivity index is 2.26. The van der Waals surface area contributed by atoms with Crippen LogP contribution >= 0.6 is 11.3 Å². The van der Waals surface area contributed by atoms with Crippen LogP contribution in [0.2, 0.25) is 0 Å². The fraction of sp³-hybridized carbons (Fsp3) is 0.417. The standard InChI is InChI=1S/C12H16N4O2S/c1-7-6-8(2)14-10(17)9(7)11-15-16-12(19-11)13-4-5-18-3/h6H,4-5H2,1-3H3,(H,13,16)(H,14,17). The molecule has 0 saturated heterocycles. The summed E-state index contributed by atoms with van der Waals surface area (Å²) in [4.78, 5) is 14.8. The molecule has 0 aromatic carbocycles. The van der Waals surface area contributed by atoms with Crippen LogP contribution in [0.1, 0.15) is 11.3 Å². The average Bonchev–Trinajstić information content (AvgIpc) is 2.76. The number of aromatic nitrogens is 3. The zero-order chi connectivity index (χ0) is 13.8. The van der Waals surface area contributed by atoms with E-state index in [0.717, 1.165) is 11.3 Å². The van der Waals surface area contributed by atoms with Crippen LogP contribution in [0.5, 0.6) is 0 Å². The van der Waals surface area contributed by atoms with Gasteiger partial charge in [-0.15, -0.1) is 10.2 Å². The average molecular weight is 280 g/mol. The van der Waals surface area contributed by atoms with E-state index in [1.807, 2.05) is 19.9 Å². The summed E-state index contributed by atoms with van der Waals surface area (Å²) in [6, 6.07) is 1.93. The first-order valence-corrected chi connectivity index (χ1v) is 6.70. The summed E-state index contributed by atoms with van der Waals surface area (Å²) >= 11 is 1.36. The summed E-state index contributed by atoms with van der Waals surface area (Å²) in [5.74, 6) is 0. The van der Waals surface area contributed by atoms with E-state index >= 15 is 0 Å². The lowest BCUT2D eigenvalue weighted by molar-refractivity contribution is 0.211. The monoisotopic (exact) mass is 280 g/mol. The number of rotatable bonds is 5. The van der Waals surface area contributed by atoms with Crippen LogP contribution in [0.4, 0.5) is 5.13 Å². The molecule has 0 aliphatic carbocycles. The van der Waals surface area contributed by atoms with Crippen LogP contribution in [0.15, 0.2) is 10.9 Å². The van der Waals surface area contributed by atoms with Crippen LogP contribution in [0, 0.1) is 13.8 Å². The van der Waals surface area contributed by atoms with Crippen molar-refractivity contribution in [2.24, 2.45) is 0 Å². The fourth-order valence-electron chi connectivity index (χ4n) is 1.78. The smallest absolute Gasteiger partial charge is 0.258 e. The second kappa shape index (κ2) is 5.94. The Morgan fingerprint density at radius 1 is 1.42 bits per heavy atom. The minimum absolute atomic E-state index is 0.128. The summed E-state index contributed by atoms with van der Waals surface area (Å²) in [7, 11) is 1.64. The molecular formula is C12H16N4O2S. The third-order valence-corrected chi connectivity index (χ3v) is 3.48. The van der Waals surface area contributed by atoms with Gasteiger partial charge in [0.15, 0.2) is 5.01 Å². The Bertz CT molecular complexity index is 620. The molecule has 102 valence electrons. The molecule has 0 aliphatic heterocycles. The molecule has 2 aromatic rings. The van der Waals surface area contributed by atoms with Crippen molar-refractivity contribution in [1.29, 1.82) is 0 Å². The van der Waals surface area contributed by atoms with Gasteiger partial charge < -0.3 is 15.0 Å². The lowest BCUT2D eigenvalue weighted by Gasteiger charge is -2.02. The van der Waals surface area contributed by atoms with Crippen molar-refractivity contribution in [2.75, 3.05) is 25.6 Å². The number of pyridine rings is 1. The van der Waals surface area contributed by atoms with Gasteiger partial charge in [0.2, 0.25) is 5.13 Å². The molecule has 2 heterocycles. The minimum Gasteiger partial charge on any atom is -0.383 e. The zero-order valence-corrected chi connectivity index (χ0v) is 11.9. The van der Waals surface area contributed by atoms with Crippen LogP contribution in [0.3, 0.4) is 0 Å². The van der Waals surface area contributed by atoms with Gasteiger partial charge in [0.1, 0.15) is 0 Å². The molecule has 2 N–H and O–H groups in total. The lowest BCUT2D eigenvalue weighted by atomic mass is 10.1. The van der Waals surface area contributed by atoms with E-state index in [0.29, 0.717) is 28.9 Å². The van der Waals surface area contributed by atoms with E-state index in [2.05, 4.69) is 20.5 Å². The number of H-pyrrole nitrogens is 1. The van der Waals surface area contributed by atoms with Gasteiger partial charge in [0.25, 0.3) is 5.56 Å². The first kappa shape index (κ1) is 13.7. The molecule has 0 unspecified atom stereocenters. The number of nitrogens with zero attached hydrogens (tertiary/aromatic N) is 2. The van der Waals surface area contributed by atoms with Crippen molar-refractivity contribution >= 4 is 16.5 Å². The van der Waals surface area contributed by atoms with Gasteiger partial charge in [-0.25, -0.2) is 0 Å². The van der Waals surface area contributed by atoms with Gasteiger partial charge in [-0.3, -0.25) is 4.79 Å². The molecule has 6 nitrogen and oxygen atoms in total. The van der Waals surface area contributed by atoms with Crippen molar-refractivity contribution in [3.05, 3.63) is 27.7 Å². The predicted octanol–water partition coefficient (Wildman–Crippen LogP) is 1.57. The Kier molecular flexibility index (Phi) is 4.28. The molecule has 0 fully saturated rings. The van der Waals surface area contributed by atoms with Gasteiger partial charge in [-0.05, 0) is 25.5 Å². The number of hydrogen-bond acceptors (Lipinski definition) is 6. The lowest BCUT2D eigenvalue weighted by Crippen LogP contribution is -2.11. The second-order valence-corrected chi connectivity index (χ2v) is 5.15. The molecule has 0 radical (unpaired) electrons. The molecule has 0 spiro atoms. The number of anilines is 1. The van der Waals surface area contributed by atoms with Crippen molar-refractivity contribution in [2.45, 2.75) is 13.8 Å². The summed E-state index contributed by atoms with van der Waals surface area (Å²) < 4.78 is 4.95. The zero-order valence-electron chi connectivity index (χ0n) is 11.1. The van der Waals surface area contributed by atoms with E-state index in [9.17, 15) is 4.79 Å². The molecule has 0 atom stereocenters. The van der Waals surface area contributed by atoms with Crippen LogP contribution < -0.4 is 10.9 Å². The van der Waals surface area contributed by atoms with Crippen molar-refractivity contribution in [3.63, 3.8) is 0 Å². The molecule has 7 heteroatoms. The molecule has 0 amide bonds. The Morgan fingerprint density at radius 3 is 2.89 bits per heavy atom. The number of methoxy groups -OCH3 is 1. The van der Waals surface area contributed by atoms with Crippen LogP contribution in [-0.2, 0) is 4.74 Å². The Labute approximate surface area is 114 Å². The molecule has 0 aliphatic rings. The first-order chi connectivity index (χ1) is 9.11. The molecule has 2 rings (SSSR count). The third kappa shape index (κ3) is 3.18. The highest BCUT2D eigenvalue weighted by molar-refractivity contribution is 7.18. The maximum atomic E-state index is 12.0. The highest BCUT2D eigenvalue weighted by Gasteiger charge is 2.13. The Morgan fingerprint density at radius 2 is 2.21 bits per heavy atom. The van der Waals surface area contributed by atoms with Crippen molar-refractivity contribution in [3.8, 4) is 10.6 Å². The van der Waals surface area contributed by atoms with Crippen LogP contribution in [0.25, 0.3) is 10.6 Å². The highest BCUT2D eigenvalue weighted by Crippen LogP contribution is 2.26. The number of nitrogens with one attached hydrogen (secondary N) is 2. The van der Waals surface area contributed by atoms with E-state index in [4.69, 9.17) is 4.74 Å². The largest absolute Gasteiger partial charge is 0.383 e. The second-order valence-electron chi connectivity index (χ2n) is 4.17. The summed E-state index contributed by atoms with van der Waals surface area (Å²) in [5, 5.41) is 12.5. The maximum Gasteiger partial charge on any atom is 0.258 e. The van der Waals surface area contributed by atoms with Gasteiger partial charge in [-0.2, -0.15) is 0 Å². The minimum atomic E-state index is -0.128. The molecule has 2 aromatic heterocycles. The van der Waals surface area contributed by atoms with E-state index in [-0.39, 0.29) is 5.56 Å². The summed E-state index contributed by atoms with van der Waals surface area (Å²) in [5.41, 5.74) is 2.20. The fourth-order valence-corrected chi connectivity index (χ4v) is 2.65. The number of aromatic amines is 1. The highest BCUT2D eigenvalue weighted by atomic mass is 32.1. The number of hydrogen-bond donors (Lipinski definition) is 2. The first-order valence-electron chi connectivity index (χ1n) is 5.89. The molecule has 19 heavy (non-hydrogen) atoms. The molecular weight excluding hydrogens is 264 g/mol. The number of ether oxygens (including phenoxy) is 1. The maximum absolute atomic E-state index is 12.0. The van der Waals surface area contributed by atoms with Gasteiger partial charge in [0, 0.05) is 19.3 Å². The molecule has 0 saturated carbocycles.